The van der Waals surface area contributed by atoms with Gasteiger partial charge in [0.25, 0.3) is 0 Å². The Morgan fingerprint density at radius 3 is 2.86 bits per heavy atom. The van der Waals surface area contributed by atoms with E-state index in [0.29, 0.717) is 12.1 Å². The molecule has 0 bridgehead atoms. The van der Waals surface area contributed by atoms with E-state index < -0.39 is 0 Å². The van der Waals surface area contributed by atoms with Gasteiger partial charge in [-0.25, -0.2) is 0 Å². The van der Waals surface area contributed by atoms with Gasteiger partial charge in [-0.05, 0) is 24.8 Å². The average Bonchev–Trinajstić information content (AvgIpc) is 2.83. The molecule has 3 N–H and O–H groups in total. The molecule has 8 heteroatoms. The van der Waals surface area contributed by atoms with Crippen LogP contribution in [0.2, 0.25) is 0 Å². The number of fused-ring (bicyclic) bond motifs is 1. The largest absolute Gasteiger partial charge is 0.327 e. The monoisotopic (exact) mass is 346 g/mol. The van der Waals surface area contributed by atoms with Crippen LogP contribution in [0.3, 0.4) is 0 Å². The van der Waals surface area contributed by atoms with Crippen LogP contribution in [-0.2, 0) is 9.59 Å². The molecule has 1 aliphatic carbocycles. The first kappa shape index (κ1) is 18.7. The van der Waals surface area contributed by atoms with Gasteiger partial charge in [0, 0.05) is 18.7 Å². The number of aromatic nitrogens is 1. The molecule has 2 amide bonds. The Hall–Kier alpha value is -1.37. The fourth-order valence-electron chi connectivity index (χ4n) is 3.01. The quantitative estimate of drug-likeness (QED) is 0.853. The summed E-state index contributed by atoms with van der Waals surface area (Å²) in [7, 11) is 0. The maximum absolute atomic E-state index is 12.5. The van der Waals surface area contributed by atoms with Gasteiger partial charge in [-0.1, -0.05) is 6.42 Å². The van der Waals surface area contributed by atoms with Crippen LogP contribution in [-0.4, -0.2) is 29.4 Å². The van der Waals surface area contributed by atoms with Crippen LogP contribution >= 0.6 is 24.8 Å². The summed E-state index contributed by atoms with van der Waals surface area (Å²) in [6.07, 6.45) is 6.66. The molecule has 3 rings (SSSR count). The molecule has 2 atom stereocenters. The van der Waals surface area contributed by atoms with Crippen LogP contribution in [0.15, 0.2) is 18.5 Å². The highest BCUT2D eigenvalue weighted by Gasteiger charge is 2.31. The third-order valence-corrected chi connectivity index (χ3v) is 4.12. The molecule has 2 aliphatic rings. The third kappa shape index (κ3) is 3.69. The fourth-order valence-corrected chi connectivity index (χ4v) is 3.01. The van der Waals surface area contributed by atoms with E-state index in [2.05, 4.69) is 10.3 Å². The van der Waals surface area contributed by atoms with E-state index in [1.165, 1.54) is 0 Å². The van der Waals surface area contributed by atoms with E-state index in [-0.39, 0.29) is 55.1 Å². The highest BCUT2D eigenvalue weighted by atomic mass is 35.5. The van der Waals surface area contributed by atoms with Gasteiger partial charge in [0.1, 0.15) is 6.54 Å². The molecule has 1 saturated carbocycles. The van der Waals surface area contributed by atoms with Gasteiger partial charge < -0.3 is 16.0 Å². The van der Waals surface area contributed by atoms with E-state index in [4.69, 9.17) is 5.73 Å². The van der Waals surface area contributed by atoms with Gasteiger partial charge in [-0.15, -0.1) is 24.8 Å². The van der Waals surface area contributed by atoms with Crippen molar-refractivity contribution in [2.75, 3.05) is 16.8 Å². The van der Waals surface area contributed by atoms with Crippen molar-refractivity contribution in [1.82, 2.24) is 4.98 Å². The molecular formula is C14H20Cl2N4O2. The first-order chi connectivity index (χ1) is 9.65. The summed E-state index contributed by atoms with van der Waals surface area (Å²) in [5.74, 6) is 0.0157. The highest BCUT2D eigenvalue weighted by Crippen LogP contribution is 2.31. The number of carbonyl (C=O) groups excluding carboxylic acids is 2. The highest BCUT2D eigenvalue weighted by molar-refractivity contribution is 6.09. The summed E-state index contributed by atoms with van der Waals surface area (Å²) in [6.45, 7) is 0.0673. The number of hydrogen-bond donors (Lipinski definition) is 2. The van der Waals surface area contributed by atoms with E-state index in [0.717, 1.165) is 24.9 Å². The molecule has 2 heterocycles. The van der Waals surface area contributed by atoms with Gasteiger partial charge in [-0.3, -0.25) is 14.6 Å². The van der Waals surface area contributed by atoms with Crippen molar-refractivity contribution in [1.29, 1.82) is 0 Å². The van der Waals surface area contributed by atoms with Crippen LogP contribution in [0, 0.1) is 5.92 Å². The normalized spacial score (nSPS) is 23.0. The van der Waals surface area contributed by atoms with Crippen molar-refractivity contribution < 1.29 is 9.59 Å². The van der Waals surface area contributed by atoms with Crippen molar-refractivity contribution in [3.8, 4) is 0 Å². The standard InChI is InChI=1S/C14H18N4O2.2ClH/c15-10-3-1-2-9(10)6-14(20)18-8-13(19)17-11-7-16-5-4-12(11)18;;/h4-5,7,9-10H,1-3,6,8,15H2,(H,17,19);2*1H/t9-,10+;;/m0../s1. The zero-order chi connectivity index (χ0) is 14.1. The lowest BCUT2D eigenvalue weighted by atomic mass is 9.99. The predicted molar refractivity (Wildman–Crippen MR) is 89.6 cm³/mol. The average molecular weight is 347 g/mol. The Bertz CT molecular complexity index is 555. The summed E-state index contributed by atoms with van der Waals surface area (Å²) < 4.78 is 0. The van der Waals surface area contributed by atoms with E-state index in [1.807, 2.05) is 0 Å². The van der Waals surface area contributed by atoms with Gasteiger partial charge >= 0.3 is 0 Å². The number of nitrogens with zero attached hydrogens (tertiary/aromatic N) is 2. The number of nitrogens with one attached hydrogen (secondary N) is 1. The van der Waals surface area contributed by atoms with Gasteiger partial charge in [0.05, 0.1) is 17.6 Å². The van der Waals surface area contributed by atoms with Crippen molar-refractivity contribution >= 4 is 48.0 Å². The number of carbonyl (C=O) groups is 2. The molecule has 0 spiro atoms. The smallest absolute Gasteiger partial charge is 0.244 e. The minimum Gasteiger partial charge on any atom is -0.327 e. The van der Waals surface area contributed by atoms with Gasteiger partial charge in [0.2, 0.25) is 11.8 Å². The molecule has 1 aromatic rings. The topological polar surface area (TPSA) is 88.3 Å². The van der Waals surface area contributed by atoms with Crippen molar-refractivity contribution in [2.24, 2.45) is 11.7 Å². The third-order valence-electron chi connectivity index (χ3n) is 4.12. The van der Waals surface area contributed by atoms with E-state index in [9.17, 15) is 9.59 Å². The molecule has 1 aromatic heterocycles. The lowest BCUT2D eigenvalue weighted by molar-refractivity contribution is -0.122. The Labute approximate surface area is 141 Å². The molecule has 6 nitrogen and oxygen atoms in total. The maximum Gasteiger partial charge on any atom is 0.244 e. The Balaban J connectivity index is 0.00000121. The van der Waals surface area contributed by atoms with Gasteiger partial charge in [-0.2, -0.15) is 0 Å². The van der Waals surface area contributed by atoms with Crippen molar-refractivity contribution in [2.45, 2.75) is 31.7 Å². The predicted octanol–water partition coefficient (Wildman–Crippen LogP) is 1.73. The van der Waals surface area contributed by atoms with Crippen LogP contribution in [0.1, 0.15) is 25.7 Å². The van der Waals surface area contributed by atoms with Crippen molar-refractivity contribution in [3.05, 3.63) is 18.5 Å². The van der Waals surface area contributed by atoms with Crippen molar-refractivity contribution in [3.63, 3.8) is 0 Å². The number of amides is 2. The summed E-state index contributed by atoms with van der Waals surface area (Å²) in [5.41, 5.74) is 7.33. The number of anilines is 2. The summed E-state index contributed by atoms with van der Waals surface area (Å²) in [5, 5.41) is 2.73. The molecule has 0 unspecified atom stereocenters. The molecule has 0 radical (unpaired) electrons. The van der Waals surface area contributed by atoms with Crippen LogP contribution < -0.4 is 16.0 Å². The second-order valence-corrected chi connectivity index (χ2v) is 5.48. The first-order valence-electron chi connectivity index (χ1n) is 6.95. The minimum atomic E-state index is -0.186. The summed E-state index contributed by atoms with van der Waals surface area (Å²) in [4.78, 5) is 29.7. The molecule has 0 aromatic carbocycles. The molecule has 22 heavy (non-hydrogen) atoms. The zero-order valence-corrected chi connectivity index (χ0v) is 13.7. The molecule has 1 fully saturated rings. The van der Waals surface area contributed by atoms with Gasteiger partial charge in [0.15, 0.2) is 0 Å². The molecule has 1 aliphatic heterocycles. The fraction of sp³-hybridized carbons (Fsp3) is 0.500. The van der Waals surface area contributed by atoms with Crippen LogP contribution in [0.25, 0.3) is 0 Å². The maximum atomic E-state index is 12.5. The number of pyridine rings is 1. The zero-order valence-electron chi connectivity index (χ0n) is 12.0. The minimum absolute atomic E-state index is 0. The number of nitrogens with two attached hydrogens (primary N) is 1. The molecule has 0 saturated heterocycles. The lowest BCUT2D eigenvalue weighted by Gasteiger charge is -2.30. The van der Waals surface area contributed by atoms with Crippen LogP contribution in [0.5, 0.6) is 0 Å². The molecular weight excluding hydrogens is 327 g/mol. The molecule has 122 valence electrons. The lowest BCUT2D eigenvalue weighted by Crippen LogP contribution is -2.43. The second kappa shape index (κ2) is 7.76. The van der Waals surface area contributed by atoms with E-state index in [1.54, 1.807) is 23.4 Å². The Morgan fingerprint density at radius 2 is 2.18 bits per heavy atom. The number of rotatable bonds is 2. The number of hydrogen-bond acceptors (Lipinski definition) is 4. The number of halogens is 2. The SMILES string of the molecule is Cl.Cl.N[C@@H]1CCC[C@H]1CC(=O)N1CC(=O)Nc2cnccc21. The first-order valence-corrected chi connectivity index (χ1v) is 6.95. The Kier molecular flexibility index (Phi) is 6.59. The summed E-state index contributed by atoms with van der Waals surface area (Å²) >= 11 is 0. The Morgan fingerprint density at radius 1 is 1.41 bits per heavy atom. The second-order valence-electron chi connectivity index (χ2n) is 5.48. The van der Waals surface area contributed by atoms with Crippen LogP contribution in [0.4, 0.5) is 11.4 Å². The summed E-state index contributed by atoms with van der Waals surface area (Å²) in [6, 6.07) is 1.86. The van der Waals surface area contributed by atoms with E-state index >= 15 is 0 Å².